The zero-order chi connectivity index (χ0) is 11.8. The number of carbonyl (C=O) groups is 1. The molecule has 0 atom stereocenters. The van der Waals surface area contributed by atoms with E-state index in [1.807, 2.05) is 11.8 Å². The van der Waals surface area contributed by atoms with Crippen molar-refractivity contribution < 1.29 is 4.79 Å². The van der Waals surface area contributed by atoms with Crippen molar-refractivity contribution >= 4 is 17.2 Å². The Kier molecular flexibility index (Phi) is 2.90. The minimum Gasteiger partial charge on any atom is -0.338 e. The lowest BCUT2D eigenvalue weighted by atomic mass is 10.1. The lowest BCUT2D eigenvalue weighted by molar-refractivity contribution is 0.0728. The summed E-state index contributed by atoms with van der Waals surface area (Å²) in [5.74, 6) is 0.869. The molecule has 1 aromatic rings. The van der Waals surface area contributed by atoms with Crippen LogP contribution in [0.4, 0.5) is 0 Å². The Morgan fingerprint density at radius 1 is 1.29 bits per heavy atom. The van der Waals surface area contributed by atoms with E-state index in [4.69, 9.17) is 0 Å². The largest absolute Gasteiger partial charge is 0.338 e. The highest BCUT2D eigenvalue weighted by atomic mass is 32.1. The van der Waals surface area contributed by atoms with Crippen molar-refractivity contribution in [2.45, 2.75) is 44.9 Å². The summed E-state index contributed by atoms with van der Waals surface area (Å²) in [4.78, 5) is 19.8. The van der Waals surface area contributed by atoms with Crippen LogP contribution >= 0.6 is 11.3 Å². The van der Waals surface area contributed by atoms with E-state index in [0.717, 1.165) is 36.5 Å². The summed E-state index contributed by atoms with van der Waals surface area (Å²) in [7, 11) is 0. The summed E-state index contributed by atoms with van der Waals surface area (Å²) in [5, 5.41) is 1.18. The van der Waals surface area contributed by atoms with Crippen molar-refractivity contribution in [3.63, 3.8) is 0 Å². The van der Waals surface area contributed by atoms with Gasteiger partial charge in [0.15, 0.2) is 0 Å². The summed E-state index contributed by atoms with van der Waals surface area (Å²) < 4.78 is 0. The molecule has 2 heterocycles. The molecule has 1 saturated heterocycles. The lowest BCUT2D eigenvalue weighted by Crippen LogP contribution is -2.35. The first-order valence-corrected chi connectivity index (χ1v) is 7.34. The molecule has 0 N–H and O–H groups in total. The number of hydrogen-bond acceptors (Lipinski definition) is 3. The molecule has 0 spiro atoms. The summed E-state index contributed by atoms with van der Waals surface area (Å²) >= 11 is 1.63. The summed E-state index contributed by atoms with van der Waals surface area (Å²) in [6.45, 7) is 3.82. The van der Waals surface area contributed by atoms with Gasteiger partial charge in [-0.25, -0.2) is 4.98 Å². The SMILES string of the molecule is Cc1nc(C2CC2)sc1C(=O)N1CCCCC1. The number of thiazole rings is 1. The maximum absolute atomic E-state index is 12.4. The predicted octanol–water partition coefficient (Wildman–Crippen LogP) is 2.96. The number of aromatic nitrogens is 1. The maximum Gasteiger partial charge on any atom is 0.265 e. The molecule has 0 radical (unpaired) electrons. The second-order valence-electron chi connectivity index (χ2n) is 5.09. The minimum absolute atomic E-state index is 0.214. The fourth-order valence-corrected chi connectivity index (χ4v) is 3.57. The molecule has 92 valence electrons. The quantitative estimate of drug-likeness (QED) is 0.808. The smallest absolute Gasteiger partial charge is 0.265 e. The predicted molar refractivity (Wildman–Crippen MR) is 68.6 cm³/mol. The van der Waals surface area contributed by atoms with Gasteiger partial charge in [-0.05, 0) is 39.0 Å². The van der Waals surface area contributed by atoms with Gasteiger partial charge in [-0.3, -0.25) is 4.79 Å². The van der Waals surface area contributed by atoms with Gasteiger partial charge in [0.05, 0.1) is 10.7 Å². The van der Waals surface area contributed by atoms with Crippen LogP contribution in [0.1, 0.15) is 58.4 Å². The Bertz CT molecular complexity index is 431. The molecule has 1 amide bonds. The third-order valence-corrected chi connectivity index (χ3v) is 4.89. The van der Waals surface area contributed by atoms with Gasteiger partial charge in [-0.2, -0.15) is 0 Å². The van der Waals surface area contributed by atoms with Crippen LogP contribution in [0, 0.1) is 6.92 Å². The first kappa shape index (κ1) is 11.2. The molecule has 1 saturated carbocycles. The minimum atomic E-state index is 0.214. The Hall–Kier alpha value is -0.900. The monoisotopic (exact) mass is 250 g/mol. The fourth-order valence-electron chi connectivity index (χ4n) is 2.36. The second kappa shape index (κ2) is 4.41. The number of amides is 1. The Morgan fingerprint density at radius 2 is 2.00 bits per heavy atom. The number of hydrogen-bond donors (Lipinski definition) is 0. The highest BCUT2D eigenvalue weighted by molar-refractivity contribution is 7.13. The number of nitrogens with zero attached hydrogens (tertiary/aromatic N) is 2. The number of aryl methyl sites for hydroxylation is 1. The Morgan fingerprint density at radius 3 is 2.65 bits per heavy atom. The molecular weight excluding hydrogens is 232 g/mol. The van der Waals surface area contributed by atoms with Gasteiger partial charge in [0, 0.05) is 19.0 Å². The zero-order valence-corrected chi connectivity index (χ0v) is 11.1. The van der Waals surface area contributed by atoms with E-state index in [-0.39, 0.29) is 5.91 Å². The van der Waals surface area contributed by atoms with Gasteiger partial charge >= 0.3 is 0 Å². The molecule has 0 unspecified atom stereocenters. The highest BCUT2D eigenvalue weighted by Gasteiger charge is 2.30. The molecule has 1 aromatic heterocycles. The molecular formula is C13H18N2OS. The van der Waals surface area contributed by atoms with Gasteiger partial charge in [0.2, 0.25) is 0 Å². The summed E-state index contributed by atoms with van der Waals surface area (Å²) in [5.41, 5.74) is 0.937. The molecule has 3 rings (SSSR count). The first-order valence-electron chi connectivity index (χ1n) is 6.52. The molecule has 1 aliphatic heterocycles. The van der Waals surface area contributed by atoms with E-state index < -0.39 is 0 Å². The van der Waals surface area contributed by atoms with E-state index in [0.29, 0.717) is 5.92 Å². The zero-order valence-electron chi connectivity index (χ0n) is 10.2. The average Bonchev–Trinajstić information content (AvgIpc) is 3.13. The molecule has 1 aliphatic carbocycles. The van der Waals surface area contributed by atoms with Crippen molar-refractivity contribution in [3.05, 3.63) is 15.6 Å². The topological polar surface area (TPSA) is 33.2 Å². The third kappa shape index (κ3) is 2.23. The summed E-state index contributed by atoms with van der Waals surface area (Å²) in [6, 6.07) is 0. The molecule has 2 fully saturated rings. The van der Waals surface area contributed by atoms with Crippen LogP contribution in [-0.2, 0) is 0 Å². The van der Waals surface area contributed by atoms with Crippen LogP contribution in [-0.4, -0.2) is 28.9 Å². The number of likely N-dealkylation sites (tertiary alicyclic amines) is 1. The van der Waals surface area contributed by atoms with Crippen molar-refractivity contribution in [2.24, 2.45) is 0 Å². The second-order valence-corrected chi connectivity index (χ2v) is 6.12. The van der Waals surface area contributed by atoms with E-state index in [1.165, 1.54) is 24.3 Å². The number of piperidine rings is 1. The van der Waals surface area contributed by atoms with Gasteiger partial charge in [-0.1, -0.05) is 0 Å². The molecule has 3 nitrogen and oxygen atoms in total. The molecule has 0 aromatic carbocycles. The van der Waals surface area contributed by atoms with Crippen LogP contribution in [0.25, 0.3) is 0 Å². The highest BCUT2D eigenvalue weighted by Crippen LogP contribution is 2.42. The van der Waals surface area contributed by atoms with Crippen LogP contribution < -0.4 is 0 Å². The first-order chi connectivity index (χ1) is 8.25. The van der Waals surface area contributed by atoms with E-state index in [1.54, 1.807) is 11.3 Å². The lowest BCUT2D eigenvalue weighted by Gasteiger charge is -2.26. The van der Waals surface area contributed by atoms with E-state index in [2.05, 4.69) is 4.98 Å². The van der Waals surface area contributed by atoms with Gasteiger partial charge in [-0.15, -0.1) is 11.3 Å². The standard InChI is InChI=1S/C13H18N2OS/c1-9-11(17-12(14-9)10-5-6-10)13(16)15-7-3-2-4-8-15/h10H,2-8H2,1H3. The molecule has 2 aliphatic rings. The van der Waals surface area contributed by atoms with Crippen molar-refractivity contribution in [1.29, 1.82) is 0 Å². The fraction of sp³-hybridized carbons (Fsp3) is 0.692. The normalized spacial score (nSPS) is 20.6. The van der Waals surface area contributed by atoms with Crippen LogP contribution in [0.15, 0.2) is 0 Å². The molecule has 0 bridgehead atoms. The molecule has 4 heteroatoms. The Labute approximate surface area is 106 Å². The molecule has 17 heavy (non-hydrogen) atoms. The van der Waals surface area contributed by atoms with Crippen molar-refractivity contribution in [3.8, 4) is 0 Å². The average molecular weight is 250 g/mol. The van der Waals surface area contributed by atoms with Crippen molar-refractivity contribution in [2.75, 3.05) is 13.1 Å². The maximum atomic E-state index is 12.4. The van der Waals surface area contributed by atoms with Gasteiger partial charge < -0.3 is 4.90 Å². The Balaban J connectivity index is 1.79. The van der Waals surface area contributed by atoms with Crippen LogP contribution in [0.3, 0.4) is 0 Å². The van der Waals surface area contributed by atoms with Gasteiger partial charge in [0.25, 0.3) is 5.91 Å². The van der Waals surface area contributed by atoms with Crippen molar-refractivity contribution in [1.82, 2.24) is 9.88 Å². The van der Waals surface area contributed by atoms with Crippen LogP contribution in [0.2, 0.25) is 0 Å². The van der Waals surface area contributed by atoms with E-state index in [9.17, 15) is 4.79 Å². The third-order valence-electron chi connectivity index (χ3n) is 3.58. The van der Waals surface area contributed by atoms with Crippen LogP contribution in [0.5, 0.6) is 0 Å². The van der Waals surface area contributed by atoms with E-state index >= 15 is 0 Å². The van der Waals surface area contributed by atoms with Gasteiger partial charge in [0.1, 0.15) is 4.88 Å². The number of carbonyl (C=O) groups excluding carboxylic acids is 1. The summed E-state index contributed by atoms with van der Waals surface area (Å²) in [6.07, 6.45) is 6.07. The number of rotatable bonds is 2.